The summed E-state index contributed by atoms with van der Waals surface area (Å²) in [6.45, 7) is 9.57. The summed E-state index contributed by atoms with van der Waals surface area (Å²) < 4.78 is 0. The molecular formula is C52H44N2. The molecule has 0 atom stereocenters. The van der Waals surface area contributed by atoms with Crippen molar-refractivity contribution in [1.82, 2.24) is 0 Å². The molecule has 10 rings (SSSR count). The second-order valence-electron chi connectivity index (χ2n) is 16.2. The molecular weight excluding hydrogens is 653 g/mol. The van der Waals surface area contributed by atoms with Crippen molar-refractivity contribution in [3.05, 3.63) is 180 Å². The normalized spacial score (nSPS) is 15.1. The van der Waals surface area contributed by atoms with Crippen LogP contribution in [0.15, 0.2) is 158 Å². The van der Waals surface area contributed by atoms with E-state index in [4.69, 9.17) is 0 Å². The van der Waals surface area contributed by atoms with Crippen molar-refractivity contribution in [1.29, 1.82) is 0 Å². The van der Waals surface area contributed by atoms with E-state index in [-0.39, 0.29) is 10.8 Å². The Morgan fingerprint density at radius 2 is 0.741 bits per heavy atom. The number of hydrogen-bond acceptors (Lipinski definition) is 2. The molecule has 0 N–H and O–H groups in total. The zero-order valence-corrected chi connectivity index (χ0v) is 31.9. The molecule has 0 aliphatic carbocycles. The lowest BCUT2D eigenvalue weighted by molar-refractivity contribution is 0.631. The maximum absolute atomic E-state index is 2.50. The Hall–Kier alpha value is -6.12. The average molecular weight is 697 g/mol. The summed E-state index contributed by atoms with van der Waals surface area (Å²) in [6.07, 6.45) is 0. The number of fused-ring (bicyclic) bond motifs is 6. The minimum atomic E-state index is -0.196. The monoisotopic (exact) mass is 696 g/mol. The zero-order chi connectivity index (χ0) is 36.9. The second kappa shape index (κ2) is 11.7. The van der Waals surface area contributed by atoms with Crippen LogP contribution in [0.5, 0.6) is 0 Å². The van der Waals surface area contributed by atoms with Crippen LogP contribution in [0.2, 0.25) is 0 Å². The molecule has 0 fully saturated rings. The van der Waals surface area contributed by atoms with Gasteiger partial charge in [-0.25, -0.2) is 0 Å². The SMILES string of the molecule is CN1c2ccccc2C(C)(C)c2c(-c3cccc4c(-c5ccccc5)c5cccc(-c6cccc7c6C(C)(C)c6ccccc6N7C)c5cc34)cccc21. The van der Waals surface area contributed by atoms with Crippen LogP contribution in [0, 0.1) is 0 Å². The lowest BCUT2D eigenvalue weighted by atomic mass is 9.70. The zero-order valence-electron chi connectivity index (χ0n) is 31.9. The molecule has 262 valence electrons. The Balaban J connectivity index is 1.30. The largest absolute Gasteiger partial charge is 0.344 e. The number of hydrogen-bond donors (Lipinski definition) is 0. The van der Waals surface area contributed by atoms with E-state index in [2.05, 4.69) is 209 Å². The molecule has 2 nitrogen and oxygen atoms in total. The van der Waals surface area contributed by atoms with Crippen LogP contribution >= 0.6 is 0 Å². The van der Waals surface area contributed by atoms with E-state index in [1.54, 1.807) is 0 Å². The van der Waals surface area contributed by atoms with E-state index in [1.165, 1.54) is 99.9 Å². The highest BCUT2D eigenvalue weighted by Gasteiger charge is 2.39. The van der Waals surface area contributed by atoms with Gasteiger partial charge in [0.2, 0.25) is 0 Å². The molecule has 0 bridgehead atoms. The lowest BCUT2D eigenvalue weighted by Crippen LogP contribution is -2.31. The molecule has 2 heterocycles. The summed E-state index contributed by atoms with van der Waals surface area (Å²) in [7, 11) is 4.43. The summed E-state index contributed by atoms with van der Waals surface area (Å²) in [4.78, 5) is 4.76. The van der Waals surface area contributed by atoms with E-state index in [0.29, 0.717) is 0 Å². The van der Waals surface area contributed by atoms with Gasteiger partial charge in [0.25, 0.3) is 0 Å². The highest BCUT2D eigenvalue weighted by molar-refractivity contribution is 6.19. The maximum atomic E-state index is 2.50. The fourth-order valence-corrected chi connectivity index (χ4v) is 10.1. The smallest absolute Gasteiger partial charge is 0.0455 e. The molecule has 0 aromatic heterocycles. The first-order valence-corrected chi connectivity index (χ1v) is 19.2. The summed E-state index contributed by atoms with van der Waals surface area (Å²) in [6, 6.07) is 58.9. The number of nitrogens with zero attached hydrogens (tertiary/aromatic N) is 2. The molecule has 54 heavy (non-hydrogen) atoms. The molecule has 0 radical (unpaired) electrons. The Kier molecular flexibility index (Phi) is 7.04. The van der Waals surface area contributed by atoms with Gasteiger partial charge in [-0.05, 0) is 108 Å². The molecule has 8 aromatic rings. The van der Waals surface area contributed by atoms with Crippen LogP contribution in [0.4, 0.5) is 22.7 Å². The molecule has 0 spiro atoms. The standard InChI is InChI=1S/C52H44N2/c1-51(2)42-26-10-12-28-44(42)53(5)46-30-16-24-38(49(46)51)34-20-14-22-36-40(34)32-41-35(21-15-23-37(41)48(36)33-18-8-7-9-19-33)39-25-17-31-47-50(39)52(3,4)43-27-11-13-29-45(43)54(47)6/h7-32H,1-6H3. The Morgan fingerprint density at radius 1 is 0.352 bits per heavy atom. The van der Waals surface area contributed by atoms with Crippen molar-refractivity contribution in [2.75, 3.05) is 23.9 Å². The third-order valence-electron chi connectivity index (χ3n) is 12.6. The molecule has 0 amide bonds. The Labute approximate surface area is 319 Å². The van der Waals surface area contributed by atoms with E-state index in [1.807, 2.05) is 0 Å². The quantitative estimate of drug-likeness (QED) is 0.170. The van der Waals surface area contributed by atoms with Crippen molar-refractivity contribution in [3.63, 3.8) is 0 Å². The van der Waals surface area contributed by atoms with E-state index in [9.17, 15) is 0 Å². The topological polar surface area (TPSA) is 6.48 Å². The van der Waals surface area contributed by atoms with Crippen LogP contribution in [-0.4, -0.2) is 14.1 Å². The van der Waals surface area contributed by atoms with Gasteiger partial charge in [0.15, 0.2) is 0 Å². The molecule has 8 aromatic carbocycles. The first-order chi connectivity index (χ1) is 26.2. The molecule has 0 saturated heterocycles. The van der Waals surface area contributed by atoms with Crippen molar-refractivity contribution in [2.45, 2.75) is 38.5 Å². The Bertz CT molecular complexity index is 2640. The summed E-state index contributed by atoms with van der Waals surface area (Å²) in [5.74, 6) is 0. The van der Waals surface area contributed by atoms with Crippen molar-refractivity contribution in [2.24, 2.45) is 0 Å². The molecule has 2 aliphatic rings. The average Bonchev–Trinajstić information content (AvgIpc) is 3.20. The van der Waals surface area contributed by atoms with Crippen LogP contribution in [0.3, 0.4) is 0 Å². The van der Waals surface area contributed by atoms with E-state index < -0.39 is 0 Å². The van der Waals surface area contributed by atoms with Gasteiger partial charge >= 0.3 is 0 Å². The van der Waals surface area contributed by atoms with Crippen molar-refractivity contribution >= 4 is 44.3 Å². The number of para-hydroxylation sites is 2. The highest BCUT2D eigenvalue weighted by atomic mass is 15.1. The van der Waals surface area contributed by atoms with Crippen molar-refractivity contribution in [3.8, 4) is 33.4 Å². The van der Waals surface area contributed by atoms with Gasteiger partial charge in [-0.15, -0.1) is 0 Å². The van der Waals surface area contributed by atoms with Gasteiger partial charge < -0.3 is 9.80 Å². The van der Waals surface area contributed by atoms with E-state index >= 15 is 0 Å². The molecule has 2 heteroatoms. The summed E-state index contributed by atoms with van der Waals surface area (Å²) in [5, 5.41) is 5.09. The number of anilines is 4. The maximum Gasteiger partial charge on any atom is 0.0455 e. The summed E-state index contributed by atoms with van der Waals surface area (Å²) >= 11 is 0. The number of rotatable bonds is 3. The second-order valence-corrected chi connectivity index (χ2v) is 16.2. The van der Waals surface area contributed by atoms with Crippen LogP contribution < -0.4 is 9.80 Å². The predicted molar refractivity (Wildman–Crippen MR) is 231 cm³/mol. The molecule has 2 aliphatic heterocycles. The van der Waals surface area contributed by atoms with Crippen LogP contribution in [0.25, 0.3) is 54.9 Å². The lowest BCUT2D eigenvalue weighted by Gasteiger charge is -2.42. The van der Waals surface area contributed by atoms with Gasteiger partial charge in [-0.1, -0.05) is 155 Å². The third kappa shape index (κ3) is 4.46. The van der Waals surface area contributed by atoms with E-state index in [0.717, 1.165) is 0 Å². The minimum Gasteiger partial charge on any atom is -0.344 e. The van der Waals surface area contributed by atoms with Gasteiger partial charge in [0, 0.05) is 47.7 Å². The van der Waals surface area contributed by atoms with Crippen molar-refractivity contribution < 1.29 is 0 Å². The molecule has 0 unspecified atom stereocenters. The van der Waals surface area contributed by atoms with Gasteiger partial charge in [0.1, 0.15) is 0 Å². The predicted octanol–water partition coefficient (Wildman–Crippen LogP) is 13.8. The first kappa shape index (κ1) is 32.5. The Morgan fingerprint density at radius 3 is 1.22 bits per heavy atom. The minimum absolute atomic E-state index is 0.196. The van der Waals surface area contributed by atoms with Gasteiger partial charge in [-0.2, -0.15) is 0 Å². The fourth-order valence-electron chi connectivity index (χ4n) is 10.1. The number of benzene rings is 8. The fraction of sp³-hybridized carbons (Fsp3) is 0.154. The summed E-state index contributed by atoms with van der Waals surface area (Å²) in [5.41, 5.74) is 17.8. The van der Waals surface area contributed by atoms with Gasteiger partial charge in [0.05, 0.1) is 0 Å². The van der Waals surface area contributed by atoms with Crippen LogP contribution in [-0.2, 0) is 10.8 Å². The first-order valence-electron chi connectivity index (χ1n) is 19.2. The van der Waals surface area contributed by atoms with Crippen LogP contribution in [0.1, 0.15) is 49.9 Å². The highest BCUT2D eigenvalue weighted by Crippen LogP contribution is 2.55. The third-order valence-corrected chi connectivity index (χ3v) is 12.6. The molecule has 0 saturated carbocycles. The van der Waals surface area contributed by atoms with Gasteiger partial charge in [-0.3, -0.25) is 0 Å².